The molecule has 0 radical (unpaired) electrons. The van der Waals surface area contributed by atoms with E-state index in [0.717, 1.165) is 10.0 Å². The highest BCUT2D eigenvalue weighted by molar-refractivity contribution is 9.10. The van der Waals surface area contributed by atoms with E-state index in [9.17, 15) is 14.7 Å². The molecule has 0 aromatic heterocycles. The van der Waals surface area contributed by atoms with Crippen molar-refractivity contribution in [3.8, 4) is 11.5 Å². The van der Waals surface area contributed by atoms with Gasteiger partial charge >= 0.3 is 5.97 Å². The van der Waals surface area contributed by atoms with Crippen LogP contribution in [0.5, 0.6) is 11.5 Å². The minimum atomic E-state index is -1.27. The maximum absolute atomic E-state index is 12.4. The molecule has 0 atom stereocenters. The summed E-state index contributed by atoms with van der Waals surface area (Å²) in [5.41, 5.74) is 1.55. The van der Waals surface area contributed by atoms with Gasteiger partial charge in [0.1, 0.15) is 12.3 Å². The molecular weight excluding hydrogens is 542 g/mol. The van der Waals surface area contributed by atoms with Gasteiger partial charge in [-0.3, -0.25) is 4.79 Å². The molecule has 6 nitrogen and oxygen atoms in total. The van der Waals surface area contributed by atoms with Crippen LogP contribution in [-0.2, 0) is 11.4 Å². The lowest BCUT2D eigenvalue weighted by atomic mass is 10.1. The third-order valence-electron chi connectivity index (χ3n) is 4.41. The van der Waals surface area contributed by atoms with E-state index in [1.807, 2.05) is 24.3 Å². The Balaban J connectivity index is 1.85. The quantitative estimate of drug-likeness (QED) is 0.347. The first kappa shape index (κ1) is 23.6. The van der Waals surface area contributed by atoms with Crippen molar-refractivity contribution in [1.82, 2.24) is 5.32 Å². The van der Waals surface area contributed by atoms with E-state index in [1.54, 1.807) is 42.5 Å². The molecule has 3 aromatic rings. The second-order valence-electron chi connectivity index (χ2n) is 6.60. The average Bonchev–Trinajstić information content (AvgIpc) is 2.79. The van der Waals surface area contributed by atoms with Gasteiger partial charge in [-0.1, -0.05) is 52.3 Å². The van der Waals surface area contributed by atoms with E-state index in [-0.39, 0.29) is 5.70 Å². The summed E-state index contributed by atoms with van der Waals surface area (Å²) in [6.45, 7) is 0.305. The molecule has 0 aliphatic carbocycles. The molecule has 0 saturated heterocycles. The first-order chi connectivity index (χ1) is 15.4. The van der Waals surface area contributed by atoms with Gasteiger partial charge in [0.05, 0.1) is 11.6 Å². The molecule has 3 rings (SSSR count). The molecule has 0 unspecified atom stereocenters. The zero-order valence-electron chi connectivity index (χ0n) is 17.0. The maximum Gasteiger partial charge on any atom is 0.352 e. The van der Waals surface area contributed by atoms with Crippen molar-refractivity contribution in [3.63, 3.8) is 0 Å². The zero-order chi connectivity index (χ0) is 23.1. The number of rotatable bonds is 8. The monoisotopic (exact) mass is 559 g/mol. The van der Waals surface area contributed by atoms with E-state index in [4.69, 9.17) is 9.47 Å². The van der Waals surface area contributed by atoms with E-state index in [0.29, 0.717) is 33.7 Å². The molecule has 0 bridgehead atoms. The van der Waals surface area contributed by atoms with Crippen molar-refractivity contribution in [2.45, 2.75) is 6.61 Å². The van der Waals surface area contributed by atoms with Crippen LogP contribution in [0.4, 0.5) is 0 Å². The number of carboxylic acids is 1. The van der Waals surface area contributed by atoms with Crippen molar-refractivity contribution in [2.75, 3.05) is 7.11 Å². The molecule has 164 valence electrons. The summed E-state index contributed by atoms with van der Waals surface area (Å²) in [7, 11) is 1.50. The first-order valence-corrected chi connectivity index (χ1v) is 11.0. The maximum atomic E-state index is 12.4. The summed E-state index contributed by atoms with van der Waals surface area (Å²) < 4.78 is 12.9. The Morgan fingerprint density at radius 1 is 1.00 bits per heavy atom. The lowest BCUT2D eigenvalue weighted by molar-refractivity contribution is -0.132. The van der Waals surface area contributed by atoms with Gasteiger partial charge in [-0.15, -0.1) is 0 Å². The summed E-state index contributed by atoms with van der Waals surface area (Å²) in [4.78, 5) is 24.1. The van der Waals surface area contributed by atoms with Crippen LogP contribution in [0.15, 0.2) is 81.4 Å². The standard InChI is InChI=1S/C24H19Br2NO5/c1-31-21-13-15(11-19(26)22(21)32-14-17-9-5-6-10-18(17)25)12-20(24(29)30)27-23(28)16-7-3-2-4-8-16/h2-13H,14H2,1H3,(H,27,28)(H,29,30)/b20-12+. The van der Waals surface area contributed by atoms with Crippen molar-refractivity contribution >= 4 is 49.8 Å². The SMILES string of the molecule is COc1cc(/C=C(/NC(=O)c2ccccc2)C(=O)O)cc(Br)c1OCc1ccccc1Br. The third kappa shape index (κ3) is 5.99. The Bertz CT molecular complexity index is 1160. The number of ether oxygens (including phenoxy) is 2. The highest BCUT2D eigenvalue weighted by Gasteiger charge is 2.16. The normalized spacial score (nSPS) is 11.0. The molecule has 1 amide bonds. The van der Waals surface area contributed by atoms with Gasteiger partial charge < -0.3 is 19.9 Å². The number of carboxylic acid groups (broad SMARTS) is 1. The number of nitrogens with one attached hydrogen (secondary N) is 1. The summed E-state index contributed by atoms with van der Waals surface area (Å²) in [6.07, 6.45) is 1.36. The number of benzene rings is 3. The minimum absolute atomic E-state index is 0.269. The molecule has 32 heavy (non-hydrogen) atoms. The fraction of sp³-hybridized carbons (Fsp3) is 0.0833. The Morgan fingerprint density at radius 2 is 1.69 bits per heavy atom. The number of carbonyl (C=O) groups excluding carboxylic acids is 1. The van der Waals surface area contributed by atoms with E-state index < -0.39 is 11.9 Å². The van der Waals surface area contributed by atoms with Gasteiger partial charge in [-0.2, -0.15) is 0 Å². The zero-order valence-corrected chi connectivity index (χ0v) is 20.1. The lowest BCUT2D eigenvalue weighted by Gasteiger charge is -2.14. The van der Waals surface area contributed by atoms with Gasteiger partial charge in [0.2, 0.25) is 0 Å². The third-order valence-corrected chi connectivity index (χ3v) is 5.77. The molecule has 8 heteroatoms. The Morgan fingerprint density at radius 3 is 2.34 bits per heavy atom. The van der Waals surface area contributed by atoms with Crippen LogP contribution in [0.2, 0.25) is 0 Å². The predicted molar refractivity (Wildman–Crippen MR) is 129 cm³/mol. The van der Waals surface area contributed by atoms with Crippen molar-refractivity contribution < 1.29 is 24.2 Å². The number of hydrogen-bond donors (Lipinski definition) is 2. The minimum Gasteiger partial charge on any atom is -0.493 e. The molecule has 3 aromatic carbocycles. The Labute approximate surface area is 202 Å². The molecule has 0 heterocycles. The second-order valence-corrected chi connectivity index (χ2v) is 8.31. The van der Waals surface area contributed by atoms with Gasteiger partial charge in [0.15, 0.2) is 11.5 Å². The Kier molecular flexibility index (Phi) is 8.08. The predicted octanol–water partition coefficient (Wildman–Crippen LogP) is 5.65. The van der Waals surface area contributed by atoms with Gasteiger partial charge in [0, 0.05) is 15.6 Å². The fourth-order valence-corrected chi connectivity index (χ4v) is 3.80. The summed E-state index contributed by atoms with van der Waals surface area (Å²) in [5, 5.41) is 12.0. The fourth-order valence-electron chi connectivity index (χ4n) is 2.83. The smallest absolute Gasteiger partial charge is 0.352 e. The summed E-state index contributed by atoms with van der Waals surface area (Å²) >= 11 is 6.96. The van der Waals surface area contributed by atoms with E-state index in [2.05, 4.69) is 37.2 Å². The summed E-state index contributed by atoms with van der Waals surface area (Å²) in [5.74, 6) is -0.889. The van der Waals surface area contributed by atoms with Crippen LogP contribution in [-0.4, -0.2) is 24.1 Å². The van der Waals surface area contributed by atoms with Crippen LogP contribution >= 0.6 is 31.9 Å². The lowest BCUT2D eigenvalue weighted by Crippen LogP contribution is -2.27. The number of methoxy groups -OCH3 is 1. The van der Waals surface area contributed by atoms with Crippen molar-refractivity contribution in [1.29, 1.82) is 0 Å². The van der Waals surface area contributed by atoms with Crippen molar-refractivity contribution in [3.05, 3.63) is 98.1 Å². The highest BCUT2D eigenvalue weighted by atomic mass is 79.9. The van der Waals surface area contributed by atoms with Crippen LogP contribution in [0.3, 0.4) is 0 Å². The number of aliphatic carboxylic acids is 1. The number of carbonyl (C=O) groups is 2. The van der Waals surface area contributed by atoms with Gasteiger partial charge in [-0.05, 0) is 57.9 Å². The van der Waals surface area contributed by atoms with Gasteiger partial charge in [-0.25, -0.2) is 4.79 Å². The van der Waals surface area contributed by atoms with Crippen molar-refractivity contribution in [2.24, 2.45) is 0 Å². The van der Waals surface area contributed by atoms with Gasteiger partial charge in [0.25, 0.3) is 5.91 Å². The number of hydrogen-bond acceptors (Lipinski definition) is 4. The van der Waals surface area contributed by atoms with Crippen LogP contribution in [0, 0.1) is 0 Å². The van der Waals surface area contributed by atoms with Crippen LogP contribution in [0.25, 0.3) is 6.08 Å². The largest absolute Gasteiger partial charge is 0.493 e. The molecule has 2 N–H and O–H groups in total. The topological polar surface area (TPSA) is 84.9 Å². The molecule has 0 aliphatic rings. The van der Waals surface area contributed by atoms with E-state index >= 15 is 0 Å². The van der Waals surface area contributed by atoms with Crippen LogP contribution in [0.1, 0.15) is 21.5 Å². The highest BCUT2D eigenvalue weighted by Crippen LogP contribution is 2.38. The summed E-state index contributed by atoms with van der Waals surface area (Å²) in [6, 6.07) is 19.4. The van der Waals surface area contributed by atoms with Crippen LogP contribution < -0.4 is 14.8 Å². The molecule has 0 fully saturated rings. The Hall–Kier alpha value is -3.10. The first-order valence-electron chi connectivity index (χ1n) is 9.44. The van der Waals surface area contributed by atoms with E-state index in [1.165, 1.54) is 13.2 Å². The molecule has 0 aliphatic heterocycles. The molecular formula is C24H19Br2NO5. The second kappa shape index (κ2) is 11.0. The average molecular weight is 561 g/mol. The molecule has 0 saturated carbocycles. The number of amides is 1. The number of halogens is 2. The molecule has 0 spiro atoms.